The van der Waals surface area contributed by atoms with Crippen LogP contribution >= 0.6 is 11.6 Å². The summed E-state index contributed by atoms with van der Waals surface area (Å²) in [7, 11) is 0. The number of piperazine rings is 1. The number of hydrogen-bond acceptors (Lipinski definition) is 10. The molecule has 13 heteroatoms. The zero-order valence-corrected chi connectivity index (χ0v) is 31.4. The number of carboxylic acids is 1. The lowest BCUT2D eigenvalue weighted by molar-refractivity contribution is -0.168. The number of carboxylic acid groups (broad SMARTS) is 1. The number of halogens is 1. The number of nitrogens with zero attached hydrogens (tertiary/aromatic N) is 1. The van der Waals surface area contributed by atoms with Crippen LogP contribution in [0.15, 0.2) is 54.6 Å². The average Bonchev–Trinajstić information content (AvgIpc) is 3.14. The first-order valence-electron chi connectivity index (χ1n) is 18.2. The van der Waals surface area contributed by atoms with Gasteiger partial charge in [-0.1, -0.05) is 120 Å². The molecule has 0 bridgehead atoms. The monoisotopic (exact) mass is 744 g/mol. The normalized spacial score (nSPS) is 16.4. The minimum absolute atomic E-state index is 0.00476. The Balaban J connectivity index is 0.000000361. The molecule has 1 fully saturated rings. The number of nitrogens with one attached hydrogen (secondary N) is 1. The Hall–Kier alpha value is -4.29. The number of aliphatic carboxylic acids is 1. The van der Waals surface area contributed by atoms with E-state index >= 15 is 0 Å². The molecule has 52 heavy (non-hydrogen) atoms. The molecule has 4 atom stereocenters. The van der Waals surface area contributed by atoms with Crippen molar-refractivity contribution in [3.63, 3.8) is 0 Å². The van der Waals surface area contributed by atoms with E-state index in [2.05, 4.69) is 12.2 Å². The highest BCUT2D eigenvalue weighted by molar-refractivity contribution is 6.33. The predicted octanol–water partition coefficient (Wildman–Crippen LogP) is 6.69. The number of amides is 1. The highest BCUT2D eigenvalue weighted by Crippen LogP contribution is 2.25. The number of unbranched alkanes of at least 4 members (excludes halogenated alkanes) is 5. The minimum Gasteiger partial charge on any atom is -0.478 e. The van der Waals surface area contributed by atoms with E-state index in [0.717, 1.165) is 32.1 Å². The van der Waals surface area contributed by atoms with E-state index in [9.17, 15) is 33.9 Å². The smallest absolute Gasteiger partial charge is 0.349 e. The average molecular weight is 745 g/mol. The van der Waals surface area contributed by atoms with E-state index in [4.69, 9.17) is 25.8 Å². The minimum atomic E-state index is -1.28. The van der Waals surface area contributed by atoms with Crippen LogP contribution in [0.5, 0.6) is 0 Å². The molecular weight excluding hydrogens is 692 g/mol. The van der Waals surface area contributed by atoms with Crippen LogP contribution in [-0.2, 0) is 38.2 Å². The summed E-state index contributed by atoms with van der Waals surface area (Å²) >= 11 is 6.10. The van der Waals surface area contributed by atoms with Crippen molar-refractivity contribution in [1.29, 1.82) is 0 Å². The molecule has 0 saturated carbocycles. The van der Waals surface area contributed by atoms with Gasteiger partial charge in [-0.05, 0) is 31.9 Å². The van der Waals surface area contributed by atoms with Gasteiger partial charge in [-0.25, -0.2) is 14.4 Å². The zero-order valence-electron chi connectivity index (χ0n) is 30.6. The van der Waals surface area contributed by atoms with Crippen LogP contribution in [0.4, 0.5) is 0 Å². The van der Waals surface area contributed by atoms with E-state index in [1.54, 1.807) is 56.3 Å². The van der Waals surface area contributed by atoms with Gasteiger partial charge in [0.2, 0.25) is 6.10 Å². The summed E-state index contributed by atoms with van der Waals surface area (Å²) < 4.78 is 15.2. The highest BCUT2D eigenvalue weighted by atomic mass is 35.5. The first-order valence-corrected chi connectivity index (χ1v) is 18.6. The molecule has 0 aliphatic carbocycles. The van der Waals surface area contributed by atoms with Crippen LogP contribution in [0.2, 0.25) is 5.02 Å². The van der Waals surface area contributed by atoms with Crippen LogP contribution in [0.3, 0.4) is 0 Å². The van der Waals surface area contributed by atoms with Gasteiger partial charge in [-0.2, -0.15) is 0 Å². The van der Waals surface area contributed by atoms with Gasteiger partial charge in [-0.15, -0.1) is 0 Å². The number of carbonyl (C=O) groups excluding carboxylic acids is 5. The first-order chi connectivity index (χ1) is 25.0. The fourth-order valence-corrected chi connectivity index (χ4v) is 5.96. The molecule has 1 saturated heterocycles. The molecule has 0 radical (unpaired) electrons. The van der Waals surface area contributed by atoms with Crippen molar-refractivity contribution in [2.24, 2.45) is 5.92 Å². The fraction of sp³-hybridized carbons (Fsp3) is 0.538. The van der Waals surface area contributed by atoms with E-state index in [1.165, 1.54) is 36.6 Å². The lowest BCUT2D eigenvalue weighted by Gasteiger charge is -2.38. The Morgan fingerprint density at radius 3 is 2.12 bits per heavy atom. The molecule has 1 amide bonds. The zero-order chi connectivity index (χ0) is 38.5. The van der Waals surface area contributed by atoms with Crippen LogP contribution in [0.25, 0.3) is 0 Å². The molecule has 2 N–H and O–H groups in total. The molecule has 3 rings (SSSR count). The molecule has 3 unspecified atom stereocenters. The van der Waals surface area contributed by atoms with Gasteiger partial charge in [0.1, 0.15) is 6.04 Å². The van der Waals surface area contributed by atoms with Gasteiger partial charge in [0.25, 0.3) is 5.91 Å². The second kappa shape index (κ2) is 24.0. The maximum Gasteiger partial charge on any atom is 0.349 e. The Morgan fingerprint density at radius 1 is 0.846 bits per heavy atom. The molecule has 1 aliphatic rings. The molecular formula is C39H53ClN2O10. The molecule has 286 valence electrons. The van der Waals surface area contributed by atoms with Gasteiger partial charge >= 0.3 is 29.8 Å². The lowest BCUT2D eigenvalue weighted by atomic mass is 9.96. The molecule has 0 spiro atoms. The molecule has 2 aromatic rings. The first kappa shape index (κ1) is 43.9. The summed E-state index contributed by atoms with van der Waals surface area (Å²) in [5.74, 6) is -4.66. The van der Waals surface area contributed by atoms with Crippen LogP contribution in [0.1, 0.15) is 114 Å². The summed E-state index contributed by atoms with van der Waals surface area (Å²) in [6.07, 6.45) is 8.23. The number of hydrogen-bond donors (Lipinski definition) is 2. The standard InChI is InChI=1S/C21H32O4.C18H21ClN2O6/c1-3-5-6-7-8-10-16-18(13-4-2)21(24)25-19(20(22)23)17-14-11-9-12-15-17;1-3-13(22)27-17(24)14-15(18(25)26-4-2)21(10-9-20-14)16(23)11-7-5-6-8-12(11)19/h9,11-12,14-15,18-19H,3-8,10,13,16H2,1-2H3,(H,22,23);5-8,14-15,20H,3-4,9-10H2,1-2H3/t18?,19-;/m1./s1. The van der Waals surface area contributed by atoms with Crippen LogP contribution in [-0.4, -0.2) is 77.5 Å². The van der Waals surface area contributed by atoms with Crippen molar-refractivity contribution in [2.45, 2.75) is 110 Å². The summed E-state index contributed by atoms with van der Waals surface area (Å²) in [6.45, 7) is 7.83. The second-order valence-electron chi connectivity index (χ2n) is 12.4. The Bertz CT molecular complexity index is 1450. The van der Waals surface area contributed by atoms with E-state index in [-0.39, 0.29) is 48.6 Å². The second-order valence-corrected chi connectivity index (χ2v) is 12.8. The summed E-state index contributed by atoms with van der Waals surface area (Å²) in [4.78, 5) is 74.6. The molecule has 2 aromatic carbocycles. The molecule has 1 heterocycles. The van der Waals surface area contributed by atoms with Crippen molar-refractivity contribution in [3.8, 4) is 0 Å². The fourth-order valence-electron chi connectivity index (χ4n) is 5.74. The third-order valence-corrected chi connectivity index (χ3v) is 8.79. The number of esters is 4. The largest absolute Gasteiger partial charge is 0.478 e. The molecule has 1 aliphatic heterocycles. The third-order valence-electron chi connectivity index (χ3n) is 8.46. The molecule has 12 nitrogen and oxygen atoms in total. The number of ether oxygens (including phenoxy) is 3. The van der Waals surface area contributed by atoms with Crippen molar-refractivity contribution in [2.75, 3.05) is 19.7 Å². The quantitative estimate of drug-likeness (QED) is 0.0723. The van der Waals surface area contributed by atoms with Crippen molar-refractivity contribution >= 4 is 47.4 Å². The van der Waals surface area contributed by atoms with Gasteiger partial charge in [0.05, 0.1) is 23.1 Å². The maximum absolute atomic E-state index is 13.0. The summed E-state index contributed by atoms with van der Waals surface area (Å²) in [6, 6.07) is 12.6. The van der Waals surface area contributed by atoms with Crippen molar-refractivity contribution in [1.82, 2.24) is 10.2 Å². The van der Waals surface area contributed by atoms with Gasteiger partial charge < -0.3 is 29.5 Å². The van der Waals surface area contributed by atoms with Gasteiger partial charge in [-0.3, -0.25) is 14.4 Å². The maximum atomic E-state index is 13.0. The topological polar surface area (TPSA) is 166 Å². The van der Waals surface area contributed by atoms with Crippen molar-refractivity contribution in [3.05, 3.63) is 70.7 Å². The Labute approximate surface area is 311 Å². The lowest BCUT2D eigenvalue weighted by Crippen LogP contribution is -2.65. The Morgan fingerprint density at radius 2 is 1.50 bits per heavy atom. The Kier molecular flexibility index (Phi) is 20.3. The third kappa shape index (κ3) is 14.0. The van der Waals surface area contributed by atoms with Gasteiger partial charge in [0, 0.05) is 25.1 Å². The van der Waals surface area contributed by atoms with Crippen LogP contribution in [0, 0.1) is 5.92 Å². The SMILES string of the molecule is CCCCCCCCC(CCC)C(=O)O[C@@H](C(=O)O)c1ccccc1.CCOC(=O)C1C(C(=O)OC(=O)CC)NCCN1C(=O)c1ccccc1Cl. The molecule has 0 aromatic heterocycles. The van der Waals surface area contributed by atoms with E-state index in [1.807, 2.05) is 13.0 Å². The number of benzene rings is 2. The number of rotatable bonds is 18. The van der Waals surface area contributed by atoms with E-state index in [0.29, 0.717) is 5.56 Å². The predicted molar refractivity (Wildman–Crippen MR) is 195 cm³/mol. The van der Waals surface area contributed by atoms with Crippen LogP contribution < -0.4 is 5.32 Å². The van der Waals surface area contributed by atoms with Crippen molar-refractivity contribution < 1.29 is 48.1 Å². The highest BCUT2D eigenvalue weighted by Gasteiger charge is 2.45. The number of carbonyl (C=O) groups is 6. The van der Waals surface area contributed by atoms with E-state index < -0.39 is 48.0 Å². The summed E-state index contributed by atoms with van der Waals surface area (Å²) in [5, 5.41) is 12.5. The van der Waals surface area contributed by atoms with Gasteiger partial charge in [0.15, 0.2) is 6.04 Å². The summed E-state index contributed by atoms with van der Waals surface area (Å²) in [5.41, 5.74) is 0.699.